The van der Waals surface area contributed by atoms with Crippen molar-refractivity contribution in [3.05, 3.63) is 75.8 Å². The van der Waals surface area contributed by atoms with Crippen LogP contribution >= 0.6 is 23.6 Å². The van der Waals surface area contributed by atoms with Gasteiger partial charge in [0.15, 0.2) is 6.67 Å². The lowest BCUT2D eigenvalue weighted by molar-refractivity contribution is -0.917. The van der Waals surface area contributed by atoms with Crippen LogP contribution in [0.2, 0.25) is 0 Å². The van der Waals surface area contributed by atoms with Crippen LogP contribution in [0.15, 0.2) is 54.6 Å². The Labute approximate surface area is 167 Å². The molecule has 0 saturated heterocycles. The van der Waals surface area contributed by atoms with Crippen LogP contribution in [0.5, 0.6) is 0 Å². The molecule has 0 radical (unpaired) electrons. The number of nitrogens with one attached hydrogen (secondary N) is 1. The summed E-state index contributed by atoms with van der Waals surface area (Å²) >= 11 is 7.44. The van der Waals surface area contributed by atoms with E-state index in [1.54, 1.807) is 11.3 Å². The molecule has 5 nitrogen and oxygen atoms in total. The van der Waals surface area contributed by atoms with Crippen LogP contribution in [-0.4, -0.2) is 26.4 Å². The van der Waals surface area contributed by atoms with Gasteiger partial charge in [-0.25, -0.2) is 4.98 Å². The van der Waals surface area contributed by atoms with E-state index in [1.807, 2.05) is 23.7 Å². The van der Waals surface area contributed by atoms with Crippen LogP contribution in [-0.2, 0) is 19.8 Å². The molecule has 138 valence electrons. The molecule has 0 fully saturated rings. The number of nitrogens with zero attached hydrogens (tertiary/aromatic N) is 4. The summed E-state index contributed by atoms with van der Waals surface area (Å²) < 4.78 is 6.02. The number of fused-ring (bicyclic) bond motifs is 1. The van der Waals surface area contributed by atoms with Gasteiger partial charge in [0, 0.05) is 0 Å². The first-order valence-electron chi connectivity index (χ1n) is 8.94. The zero-order valence-corrected chi connectivity index (χ0v) is 17.1. The highest BCUT2D eigenvalue weighted by Crippen LogP contribution is 2.20. The van der Waals surface area contributed by atoms with Gasteiger partial charge in [0.05, 0.1) is 23.8 Å². The van der Waals surface area contributed by atoms with Gasteiger partial charge < -0.3 is 4.90 Å². The minimum absolute atomic E-state index is 0.720. The molecule has 0 aliphatic carbocycles. The topological polar surface area (TPSA) is 40.1 Å². The second-order valence-corrected chi connectivity index (χ2v) is 8.25. The molecule has 4 rings (SSSR count). The number of hydrogen-bond donors (Lipinski definition) is 1. The van der Waals surface area contributed by atoms with Gasteiger partial charge in [-0.3, -0.25) is 4.57 Å². The van der Waals surface area contributed by atoms with Gasteiger partial charge in [0.25, 0.3) is 0 Å². The molecule has 0 aliphatic rings. The third kappa shape index (κ3) is 4.00. The molecule has 27 heavy (non-hydrogen) atoms. The summed E-state index contributed by atoms with van der Waals surface area (Å²) in [5, 5.41) is 5.81. The first-order chi connectivity index (χ1) is 13.1. The van der Waals surface area contributed by atoms with Gasteiger partial charge in [-0.05, 0) is 36.8 Å². The van der Waals surface area contributed by atoms with Gasteiger partial charge in [0.1, 0.15) is 17.4 Å². The Morgan fingerprint density at radius 1 is 1.07 bits per heavy atom. The average molecular weight is 397 g/mol. The summed E-state index contributed by atoms with van der Waals surface area (Å²) in [6, 6.07) is 18.6. The van der Waals surface area contributed by atoms with Gasteiger partial charge in [-0.15, -0.1) is 11.3 Å². The molecule has 0 bridgehead atoms. The minimum atomic E-state index is 0.720. The zero-order valence-electron chi connectivity index (χ0n) is 15.4. The smallest absolute Gasteiger partial charge is 0.203 e. The zero-order chi connectivity index (χ0) is 18.8. The molecule has 2 aromatic heterocycles. The largest absolute Gasteiger partial charge is 0.313 e. The van der Waals surface area contributed by atoms with Crippen LogP contribution in [0.4, 0.5) is 0 Å². The summed E-state index contributed by atoms with van der Waals surface area (Å²) in [4.78, 5) is 6.03. The van der Waals surface area contributed by atoms with Crippen molar-refractivity contribution in [2.75, 3.05) is 7.05 Å². The first-order valence-corrected chi connectivity index (χ1v) is 10.2. The Bertz CT molecular complexity index is 1080. The first kappa shape index (κ1) is 18.0. The van der Waals surface area contributed by atoms with Crippen LogP contribution in [0, 0.1) is 11.7 Å². The van der Waals surface area contributed by atoms with E-state index in [0.29, 0.717) is 0 Å². The molecular weight excluding hydrogens is 374 g/mol. The van der Waals surface area contributed by atoms with E-state index < -0.39 is 0 Å². The van der Waals surface area contributed by atoms with E-state index >= 15 is 0 Å². The maximum atomic E-state index is 5.68. The molecule has 1 unspecified atom stereocenters. The Hall–Kier alpha value is -2.35. The Kier molecular flexibility index (Phi) is 5.15. The van der Waals surface area contributed by atoms with E-state index in [-0.39, 0.29) is 0 Å². The molecule has 2 heterocycles. The van der Waals surface area contributed by atoms with Gasteiger partial charge in [0.2, 0.25) is 4.77 Å². The molecule has 1 N–H and O–H groups in total. The van der Waals surface area contributed by atoms with E-state index in [9.17, 15) is 0 Å². The third-order valence-electron chi connectivity index (χ3n) is 4.50. The highest BCUT2D eigenvalue weighted by Gasteiger charge is 2.13. The molecule has 0 saturated carbocycles. The number of quaternary nitrogens is 1. The summed E-state index contributed by atoms with van der Waals surface area (Å²) in [5.74, 6) is 0.941. The van der Waals surface area contributed by atoms with Crippen molar-refractivity contribution < 1.29 is 4.90 Å². The number of hydrogen-bond acceptors (Lipinski definition) is 4. The predicted molar refractivity (Wildman–Crippen MR) is 112 cm³/mol. The van der Waals surface area contributed by atoms with Gasteiger partial charge in [-0.2, -0.15) is 9.78 Å². The van der Waals surface area contributed by atoms with Crippen LogP contribution in [0.25, 0.3) is 10.2 Å². The van der Waals surface area contributed by atoms with Gasteiger partial charge in [-0.1, -0.05) is 42.5 Å². The fourth-order valence-corrected chi connectivity index (χ4v) is 4.55. The second-order valence-electron chi connectivity index (χ2n) is 6.77. The number of rotatable bonds is 6. The summed E-state index contributed by atoms with van der Waals surface area (Å²) in [5.41, 5.74) is 2.30. The lowest BCUT2D eigenvalue weighted by Crippen LogP contribution is -3.07. The third-order valence-corrected chi connectivity index (χ3v) is 5.97. The molecular formula is C20H22N5S2+. The van der Waals surface area contributed by atoms with Crippen LogP contribution in [0.1, 0.15) is 16.4 Å². The normalized spacial score (nSPS) is 12.5. The van der Waals surface area contributed by atoms with E-state index in [4.69, 9.17) is 17.2 Å². The van der Waals surface area contributed by atoms with Crippen molar-refractivity contribution in [3.8, 4) is 0 Å². The lowest BCUT2D eigenvalue weighted by atomic mass is 10.2. The van der Waals surface area contributed by atoms with Crippen molar-refractivity contribution in [2.24, 2.45) is 0 Å². The summed E-state index contributed by atoms with van der Waals surface area (Å²) in [6.45, 7) is 4.34. The number of para-hydroxylation sites is 1. The fourth-order valence-electron chi connectivity index (χ4n) is 3.17. The molecule has 0 aliphatic heterocycles. The van der Waals surface area contributed by atoms with E-state index in [2.05, 4.69) is 59.2 Å². The standard InChI is InChI=1S/C20H21N5S2/c1-15-22-25(20(26)24(15)12-16-8-4-3-5-9-16)14-23(2)13-19-21-17-10-6-7-11-18(17)27-19/h3-11H,12-14H2,1-2H3/p+1. The predicted octanol–water partition coefficient (Wildman–Crippen LogP) is 3.05. The Morgan fingerprint density at radius 3 is 2.59 bits per heavy atom. The second kappa shape index (κ2) is 7.72. The van der Waals surface area contributed by atoms with Crippen molar-refractivity contribution in [2.45, 2.75) is 26.7 Å². The molecule has 4 aromatic rings. The number of benzene rings is 2. The monoisotopic (exact) mass is 396 g/mol. The van der Waals surface area contributed by atoms with Crippen LogP contribution in [0.3, 0.4) is 0 Å². The molecule has 1 atom stereocenters. The molecule has 0 amide bonds. The van der Waals surface area contributed by atoms with Crippen molar-refractivity contribution in [1.29, 1.82) is 0 Å². The molecule has 0 spiro atoms. The van der Waals surface area contributed by atoms with Crippen molar-refractivity contribution >= 4 is 33.8 Å². The van der Waals surface area contributed by atoms with Crippen molar-refractivity contribution in [1.82, 2.24) is 19.3 Å². The number of aromatic nitrogens is 4. The highest BCUT2D eigenvalue weighted by molar-refractivity contribution is 7.71. The Morgan fingerprint density at radius 2 is 1.81 bits per heavy atom. The molecule has 7 heteroatoms. The SMILES string of the molecule is Cc1nn(C[NH+](C)Cc2nc3ccccc3s2)c(=S)n1Cc1ccccc1. The summed E-state index contributed by atoms with van der Waals surface area (Å²) in [6.07, 6.45) is 0. The quantitative estimate of drug-likeness (QED) is 0.509. The lowest BCUT2D eigenvalue weighted by Gasteiger charge is -2.12. The van der Waals surface area contributed by atoms with E-state index in [1.165, 1.54) is 15.2 Å². The number of thiazole rings is 1. The highest BCUT2D eigenvalue weighted by atomic mass is 32.1. The van der Waals surface area contributed by atoms with Gasteiger partial charge >= 0.3 is 0 Å². The maximum Gasteiger partial charge on any atom is 0.203 e. The van der Waals surface area contributed by atoms with Crippen molar-refractivity contribution in [3.63, 3.8) is 0 Å². The maximum absolute atomic E-state index is 5.68. The number of aryl methyl sites for hydroxylation is 1. The van der Waals surface area contributed by atoms with E-state index in [0.717, 1.165) is 40.9 Å². The Balaban J connectivity index is 1.49. The minimum Gasteiger partial charge on any atom is -0.313 e. The molecule has 2 aromatic carbocycles. The fraction of sp³-hybridized carbons (Fsp3) is 0.250. The summed E-state index contributed by atoms with van der Waals surface area (Å²) in [7, 11) is 2.15. The van der Waals surface area contributed by atoms with Crippen LogP contribution < -0.4 is 4.90 Å². The average Bonchev–Trinajstić information content (AvgIpc) is 3.18.